The first-order valence-electron chi connectivity index (χ1n) is 7.50. The van der Waals surface area contributed by atoms with E-state index in [2.05, 4.69) is 57.9 Å². The van der Waals surface area contributed by atoms with E-state index >= 15 is 0 Å². The van der Waals surface area contributed by atoms with Crippen molar-refractivity contribution in [2.24, 2.45) is 5.73 Å². The van der Waals surface area contributed by atoms with Gasteiger partial charge in [0.2, 0.25) is 0 Å². The molecule has 1 aliphatic heterocycles. The van der Waals surface area contributed by atoms with Crippen LogP contribution in [0.2, 0.25) is 0 Å². The Kier molecular flexibility index (Phi) is 6.02. The van der Waals surface area contributed by atoms with Crippen LogP contribution in [0.5, 0.6) is 0 Å². The number of hydrogen-bond acceptors (Lipinski definition) is 3. The van der Waals surface area contributed by atoms with E-state index in [1.54, 1.807) is 0 Å². The summed E-state index contributed by atoms with van der Waals surface area (Å²) >= 11 is 3.51. The molecule has 1 aromatic rings. The van der Waals surface area contributed by atoms with Crippen LogP contribution in [-0.2, 0) is 0 Å². The topological polar surface area (TPSA) is 32.5 Å². The molecule has 2 atom stereocenters. The molecule has 2 N–H and O–H groups in total. The molecule has 20 heavy (non-hydrogen) atoms. The molecular weight excluding hydrogens is 314 g/mol. The summed E-state index contributed by atoms with van der Waals surface area (Å²) in [6.07, 6.45) is 2.28. The lowest BCUT2D eigenvalue weighted by atomic mass is 10.0. The second-order valence-corrected chi connectivity index (χ2v) is 6.87. The highest BCUT2D eigenvalue weighted by atomic mass is 79.9. The molecule has 0 amide bonds. The maximum atomic E-state index is 6.33. The fraction of sp³-hybridized carbons (Fsp3) is 0.625. The molecule has 0 bridgehead atoms. The Labute approximate surface area is 131 Å². The molecule has 0 radical (unpaired) electrons. The van der Waals surface area contributed by atoms with Gasteiger partial charge in [0.25, 0.3) is 0 Å². The van der Waals surface area contributed by atoms with Gasteiger partial charge >= 0.3 is 0 Å². The van der Waals surface area contributed by atoms with E-state index in [1.165, 1.54) is 25.1 Å². The molecule has 0 saturated carbocycles. The number of nitrogens with zero attached hydrogens (tertiary/aromatic N) is 2. The van der Waals surface area contributed by atoms with E-state index in [0.29, 0.717) is 6.04 Å². The molecule has 1 fully saturated rings. The third-order valence-corrected chi connectivity index (χ3v) is 4.68. The minimum Gasteiger partial charge on any atom is -0.324 e. The van der Waals surface area contributed by atoms with Crippen molar-refractivity contribution in [1.82, 2.24) is 9.80 Å². The van der Waals surface area contributed by atoms with Crippen LogP contribution in [0.25, 0.3) is 0 Å². The van der Waals surface area contributed by atoms with Crippen LogP contribution in [-0.4, -0.2) is 49.1 Å². The van der Waals surface area contributed by atoms with Gasteiger partial charge in [-0.1, -0.05) is 28.1 Å². The maximum absolute atomic E-state index is 6.33. The van der Waals surface area contributed by atoms with Crippen molar-refractivity contribution >= 4 is 15.9 Å². The van der Waals surface area contributed by atoms with Crippen molar-refractivity contribution < 1.29 is 0 Å². The van der Waals surface area contributed by atoms with E-state index in [9.17, 15) is 0 Å². The third kappa shape index (κ3) is 4.55. The average Bonchev–Trinajstić information content (AvgIpc) is 2.57. The lowest BCUT2D eigenvalue weighted by molar-refractivity contribution is 0.196. The van der Waals surface area contributed by atoms with E-state index in [0.717, 1.165) is 24.0 Å². The van der Waals surface area contributed by atoms with Crippen molar-refractivity contribution in [3.63, 3.8) is 0 Å². The van der Waals surface area contributed by atoms with Crippen LogP contribution in [0.4, 0.5) is 0 Å². The third-order valence-electron chi connectivity index (χ3n) is 4.19. The molecule has 1 heterocycles. The van der Waals surface area contributed by atoms with Crippen LogP contribution in [0.3, 0.4) is 0 Å². The summed E-state index contributed by atoms with van der Waals surface area (Å²) in [4.78, 5) is 5.01. The van der Waals surface area contributed by atoms with Gasteiger partial charge in [-0.3, -0.25) is 4.90 Å². The predicted molar refractivity (Wildman–Crippen MR) is 88.8 cm³/mol. The zero-order chi connectivity index (χ0) is 14.5. The van der Waals surface area contributed by atoms with Crippen LogP contribution >= 0.6 is 15.9 Å². The van der Waals surface area contributed by atoms with Gasteiger partial charge in [-0.25, -0.2) is 0 Å². The summed E-state index contributed by atoms with van der Waals surface area (Å²) in [5.74, 6) is 0. The molecule has 2 rings (SSSR count). The molecule has 3 nitrogen and oxygen atoms in total. The van der Waals surface area contributed by atoms with Crippen LogP contribution in [0.15, 0.2) is 28.7 Å². The van der Waals surface area contributed by atoms with Gasteiger partial charge in [0.15, 0.2) is 0 Å². The van der Waals surface area contributed by atoms with Crippen molar-refractivity contribution in [3.8, 4) is 0 Å². The summed E-state index contributed by atoms with van der Waals surface area (Å²) in [5, 5.41) is 0. The molecule has 4 heteroatoms. The Morgan fingerprint density at radius 1 is 1.40 bits per heavy atom. The van der Waals surface area contributed by atoms with Gasteiger partial charge < -0.3 is 10.6 Å². The number of hydrogen-bond donors (Lipinski definition) is 1. The van der Waals surface area contributed by atoms with E-state index in [1.807, 2.05) is 6.07 Å². The van der Waals surface area contributed by atoms with Gasteiger partial charge in [0.1, 0.15) is 0 Å². The molecule has 2 unspecified atom stereocenters. The second-order valence-electron chi connectivity index (χ2n) is 5.95. The molecule has 1 saturated heterocycles. The number of nitrogens with two attached hydrogens (primary N) is 1. The Balaban J connectivity index is 1.87. The highest BCUT2D eigenvalue weighted by Crippen LogP contribution is 2.20. The van der Waals surface area contributed by atoms with Crippen molar-refractivity contribution in [2.75, 3.05) is 33.2 Å². The summed E-state index contributed by atoms with van der Waals surface area (Å²) in [5.41, 5.74) is 7.56. The van der Waals surface area contributed by atoms with Crippen LogP contribution in [0, 0.1) is 0 Å². The minimum atomic E-state index is 0.126. The van der Waals surface area contributed by atoms with Gasteiger partial charge in [-0.2, -0.15) is 0 Å². The summed E-state index contributed by atoms with van der Waals surface area (Å²) in [6, 6.07) is 9.10. The Morgan fingerprint density at radius 2 is 2.20 bits per heavy atom. The molecular formula is C16H26BrN3. The SMILES string of the molecule is CC1CN(C)CCCN1CCC(N)c1cccc(Br)c1. The Morgan fingerprint density at radius 3 is 2.95 bits per heavy atom. The zero-order valence-corrected chi connectivity index (χ0v) is 14.1. The minimum absolute atomic E-state index is 0.126. The molecule has 112 valence electrons. The average molecular weight is 340 g/mol. The fourth-order valence-corrected chi connectivity index (χ4v) is 3.38. The molecule has 0 aromatic heterocycles. The normalized spacial score (nSPS) is 23.5. The zero-order valence-electron chi connectivity index (χ0n) is 12.6. The first-order chi connectivity index (χ1) is 9.56. The van der Waals surface area contributed by atoms with Crippen LogP contribution in [0.1, 0.15) is 31.4 Å². The lowest BCUT2D eigenvalue weighted by Crippen LogP contribution is -2.39. The standard InChI is InChI=1S/C16H26BrN3/c1-13-12-19(2)8-4-9-20(13)10-7-16(18)14-5-3-6-15(17)11-14/h3,5-6,11,13,16H,4,7-10,12,18H2,1-2H3. The smallest absolute Gasteiger partial charge is 0.0307 e. The van der Waals surface area contributed by atoms with E-state index in [4.69, 9.17) is 5.73 Å². The molecule has 1 aliphatic rings. The monoisotopic (exact) mass is 339 g/mol. The predicted octanol–water partition coefficient (Wildman–Crippen LogP) is 2.87. The number of halogens is 1. The summed E-state index contributed by atoms with van der Waals surface area (Å²) in [7, 11) is 2.22. The highest BCUT2D eigenvalue weighted by Gasteiger charge is 2.20. The van der Waals surface area contributed by atoms with Gasteiger partial charge in [0.05, 0.1) is 0 Å². The van der Waals surface area contributed by atoms with Gasteiger partial charge in [0, 0.05) is 29.6 Å². The highest BCUT2D eigenvalue weighted by molar-refractivity contribution is 9.10. The first kappa shape index (κ1) is 16.0. The summed E-state index contributed by atoms with van der Waals surface area (Å²) < 4.78 is 1.11. The van der Waals surface area contributed by atoms with Gasteiger partial charge in [-0.15, -0.1) is 0 Å². The lowest BCUT2D eigenvalue weighted by Gasteiger charge is -2.28. The largest absolute Gasteiger partial charge is 0.324 e. The van der Waals surface area contributed by atoms with Crippen molar-refractivity contribution in [1.29, 1.82) is 0 Å². The number of likely N-dealkylation sites (N-methyl/N-ethyl adjacent to an activating group) is 1. The number of rotatable bonds is 4. The molecule has 1 aromatic carbocycles. The van der Waals surface area contributed by atoms with Gasteiger partial charge in [-0.05, 0) is 57.6 Å². The van der Waals surface area contributed by atoms with E-state index in [-0.39, 0.29) is 6.04 Å². The maximum Gasteiger partial charge on any atom is 0.0307 e. The van der Waals surface area contributed by atoms with E-state index < -0.39 is 0 Å². The second kappa shape index (κ2) is 7.55. The van der Waals surface area contributed by atoms with Crippen molar-refractivity contribution in [2.45, 2.75) is 31.8 Å². The Bertz CT molecular complexity index is 424. The summed E-state index contributed by atoms with van der Waals surface area (Å²) in [6.45, 7) is 6.97. The molecule has 0 aliphatic carbocycles. The first-order valence-corrected chi connectivity index (χ1v) is 8.29. The number of benzene rings is 1. The van der Waals surface area contributed by atoms with Crippen LogP contribution < -0.4 is 5.73 Å². The molecule has 0 spiro atoms. The Hall–Kier alpha value is -0.420. The van der Waals surface area contributed by atoms with Crippen molar-refractivity contribution in [3.05, 3.63) is 34.3 Å². The quantitative estimate of drug-likeness (QED) is 0.915. The fourth-order valence-electron chi connectivity index (χ4n) is 2.96.